The van der Waals surface area contributed by atoms with Crippen molar-refractivity contribution in [3.63, 3.8) is 0 Å². The average molecular weight is 365 g/mol. The minimum Gasteiger partial charge on any atom is -0.496 e. The van der Waals surface area contributed by atoms with Gasteiger partial charge in [0.2, 0.25) is 0 Å². The Morgan fingerprint density at radius 1 is 1.00 bits per heavy atom. The van der Waals surface area contributed by atoms with Gasteiger partial charge in [0.15, 0.2) is 0 Å². The zero-order valence-corrected chi connectivity index (χ0v) is 13.8. The lowest BCUT2D eigenvalue weighted by molar-refractivity contribution is -0.137. The van der Waals surface area contributed by atoms with Crippen molar-refractivity contribution in [1.82, 2.24) is 4.98 Å². The molecule has 0 aliphatic carbocycles. The Kier molecular flexibility index (Phi) is 5.08. The molecule has 3 rings (SSSR count). The number of hydrogen-bond donors (Lipinski definition) is 0. The molecule has 0 N–H and O–H groups in total. The minimum atomic E-state index is -4.44. The molecular formula is C19H15F4NO2. The van der Waals surface area contributed by atoms with Crippen LogP contribution < -0.4 is 4.74 Å². The van der Waals surface area contributed by atoms with Gasteiger partial charge in [-0.25, -0.2) is 4.39 Å². The van der Waals surface area contributed by atoms with Gasteiger partial charge >= 0.3 is 6.18 Å². The van der Waals surface area contributed by atoms with Gasteiger partial charge < -0.3 is 9.47 Å². The summed E-state index contributed by atoms with van der Waals surface area (Å²) in [5.41, 5.74) is 0.694. The zero-order valence-electron chi connectivity index (χ0n) is 13.8. The van der Waals surface area contributed by atoms with Crippen LogP contribution in [0.15, 0.2) is 48.7 Å². The normalized spacial score (nSPS) is 11.7. The highest BCUT2D eigenvalue weighted by molar-refractivity contribution is 5.82. The number of methoxy groups -OCH3 is 1. The number of ether oxygens (including phenoxy) is 2. The lowest BCUT2D eigenvalue weighted by Crippen LogP contribution is -2.06. The number of hydrogen-bond acceptors (Lipinski definition) is 3. The van der Waals surface area contributed by atoms with Gasteiger partial charge in [-0.15, -0.1) is 0 Å². The summed E-state index contributed by atoms with van der Waals surface area (Å²) >= 11 is 0. The van der Waals surface area contributed by atoms with E-state index in [9.17, 15) is 17.6 Å². The number of pyridine rings is 1. The molecule has 0 fully saturated rings. The third-order valence-corrected chi connectivity index (χ3v) is 3.94. The first-order valence-electron chi connectivity index (χ1n) is 7.74. The van der Waals surface area contributed by atoms with E-state index in [0.717, 1.165) is 17.7 Å². The van der Waals surface area contributed by atoms with Gasteiger partial charge in [0.25, 0.3) is 0 Å². The molecule has 0 radical (unpaired) electrons. The van der Waals surface area contributed by atoms with Crippen LogP contribution in [0.2, 0.25) is 0 Å². The van der Waals surface area contributed by atoms with Crippen molar-refractivity contribution in [2.24, 2.45) is 0 Å². The summed E-state index contributed by atoms with van der Waals surface area (Å²) in [6, 6.07) is 9.61. The van der Waals surface area contributed by atoms with E-state index in [1.54, 1.807) is 18.2 Å². The van der Waals surface area contributed by atoms with Gasteiger partial charge in [0, 0.05) is 17.1 Å². The van der Waals surface area contributed by atoms with E-state index in [1.165, 1.54) is 25.4 Å². The molecule has 2 aromatic carbocycles. The molecule has 0 unspecified atom stereocenters. The van der Waals surface area contributed by atoms with Crippen molar-refractivity contribution >= 4 is 10.9 Å². The molecule has 136 valence electrons. The Morgan fingerprint density at radius 2 is 1.77 bits per heavy atom. The molecule has 1 heterocycles. The van der Waals surface area contributed by atoms with Gasteiger partial charge in [-0.05, 0) is 29.8 Å². The van der Waals surface area contributed by atoms with Crippen LogP contribution in [0, 0.1) is 5.82 Å². The van der Waals surface area contributed by atoms with Gasteiger partial charge in [0.1, 0.15) is 17.1 Å². The molecule has 0 aliphatic rings. The number of halogens is 4. The Bertz CT molecular complexity index is 925. The van der Waals surface area contributed by atoms with Crippen LogP contribution in [0.5, 0.6) is 5.75 Å². The monoisotopic (exact) mass is 365 g/mol. The molecule has 26 heavy (non-hydrogen) atoms. The highest BCUT2D eigenvalue weighted by Crippen LogP contribution is 2.33. The third kappa shape index (κ3) is 3.77. The lowest BCUT2D eigenvalue weighted by atomic mass is 10.1. The molecule has 3 nitrogen and oxygen atoms in total. The van der Waals surface area contributed by atoms with Crippen LogP contribution >= 0.6 is 0 Å². The summed E-state index contributed by atoms with van der Waals surface area (Å²) in [6.07, 6.45) is -2.95. The van der Waals surface area contributed by atoms with Gasteiger partial charge in [-0.3, -0.25) is 4.98 Å². The Hall–Kier alpha value is -2.67. The fourth-order valence-corrected chi connectivity index (χ4v) is 2.63. The standard InChI is InChI=1S/C19H15F4NO2/c1-25-17-9-14(19(21,22)23)6-5-13(17)11-26-10-12-7-8-24-18-15(12)3-2-4-16(18)20/h2-9H,10-11H2,1H3. The molecule has 0 spiro atoms. The average Bonchev–Trinajstić information content (AvgIpc) is 2.62. The molecule has 3 aromatic rings. The summed E-state index contributed by atoms with van der Waals surface area (Å²) in [7, 11) is 1.30. The van der Waals surface area contributed by atoms with E-state index in [1.807, 2.05) is 0 Å². The molecular weight excluding hydrogens is 350 g/mol. The number of fused-ring (bicyclic) bond motifs is 1. The van der Waals surface area contributed by atoms with Crippen LogP contribution in [0.1, 0.15) is 16.7 Å². The molecule has 0 bridgehead atoms. The number of alkyl halides is 3. The van der Waals surface area contributed by atoms with Crippen molar-refractivity contribution in [1.29, 1.82) is 0 Å². The Labute approximate surface area is 147 Å². The van der Waals surface area contributed by atoms with Crippen LogP contribution in [0.25, 0.3) is 10.9 Å². The Morgan fingerprint density at radius 3 is 2.50 bits per heavy atom. The molecule has 1 aromatic heterocycles. The van der Waals surface area contributed by atoms with E-state index < -0.39 is 17.6 Å². The van der Waals surface area contributed by atoms with Crippen molar-refractivity contribution < 1.29 is 27.0 Å². The second-order valence-corrected chi connectivity index (χ2v) is 5.62. The molecule has 0 amide bonds. The van der Waals surface area contributed by atoms with Crippen molar-refractivity contribution in [3.05, 3.63) is 71.2 Å². The largest absolute Gasteiger partial charge is 0.496 e. The van der Waals surface area contributed by atoms with Crippen LogP contribution in [-0.2, 0) is 24.1 Å². The summed E-state index contributed by atoms with van der Waals surface area (Å²) in [6.45, 7) is 0.215. The van der Waals surface area contributed by atoms with E-state index in [2.05, 4.69) is 4.98 Å². The first-order valence-corrected chi connectivity index (χ1v) is 7.74. The molecule has 0 saturated carbocycles. The minimum absolute atomic E-state index is 0.0560. The summed E-state index contributed by atoms with van der Waals surface area (Å²) < 4.78 is 62.7. The summed E-state index contributed by atoms with van der Waals surface area (Å²) in [5.74, 6) is -0.320. The van der Waals surface area contributed by atoms with E-state index in [0.29, 0.717) is 10.9 Å². The van der Waals surface area contributed by atoms with E-state index >= 15 is 0 Å². The fraction of sp³-hybridized carbons (Fsp3) is 0.211. The second kappa shape index (κ2) is 7.29. The van der Waals surface area contributed by atoms with Crippen LogP contribution in [-0.4, -0.2) is 12.1 Å². The maximum Gasteiger partial charge on any atom is 0.416 e. The molecule has 7 heteroatoms. The predicted octanol–water partition coefficient (Wildman–Crippen LogP) is 5.12. The topological polar surface area (TPSA) is 31.4 Å². The number of rotatable bonds is 5. The van der Waals surface area contributed by atoms with E-state index in [4.69, 9.17) is 9.47 Å². The SMILES string of the molecule is COc1cc(C(F)(F)F)ccc1COCc1ccnc2c(F)cccc12. The fourth-order valence-electron chi connectivity index (χ4n) is 2.63. The number of benzene rings is 2. The van der Waals surface area contributed by atoms with Crippen LogP contribution in [0.3, 0.4) is 0 Å². The zero-order chi connectivity index (χ0) is 18.7. The maximum atomic E-state index is 13.8. The number of nitrogens with zero attached hydrogens (tertiary/aromatic N) is 1. The lowest BCUT2D eigenvalue weighted by Gasteiger charge is -2.13. The second-order valence-electron chi connectivity index (χ2n) is 5.62. The number of para-hydroxylation sites is 1. The predicted molar refractivity (Wildman–Crippen MR) is 88.2 cm³/mol. The summed E-state index contributed by atoms with van der Waals surface area (Å²) in [5, 5.41) is 0.631. The third-order valence-electron chi connectivity index (χ3n) is 3.94. The van der Waals surface area contributed by atoms with Crippen molar-refractivity contribution in [3.8, 4) is 5.75 Å². The Balaban J connectivity index is 1.76. The maximum absolute atomic E-state index is 13.8. The van der Waals surface area contributed by atoms with Gasteiger partial charge in [0.05, 0.1) is 25.9 Å². The number of aromatic nitrogens is 1. The molecule has 0 atom stereocenters. The van der Waals surface area contributed by atoms with Gasteiger partial charge in [-0.2, -0.15) is 13.2 Å². The van der Waals surface area contributed by atoms with Crippen molar-refractivity contribution in [2.75, 3.05) is 7.11 Å². The highest BCUT2D eigenvalue weighted by Gasteiger charge is 2.31. The summed E-state index contributed by atoms with van der Waals surface area (Å²) in [4.78, 5) is 4.01. The highest BCUT2D eigenvalue weighted by atomic mass is 19.4. The quantitative estimate of drug-likeness (QED) is 0.588. The van der Waals surface area contributed by atoms with Gasteiger partial charge in [-0.1, -0.05) is 18.2 Å². The van der Waals surface area contributed by atoms with E-state index in [-0.39, 0.29) is 24.5 Å². The first-order chi connectivity index (χ1) is 12.4. The first kappa shape index (κ1) is 18.1. The van der Waals surface area contributed by atoms with Crippen molar-refractivity contribution in [2.45, 2.75) is 19.4 Å². The van der Waals surface area contributed by atoms with Crippen LogP contribution in [0.4, 0.5) is 17.6 Å². The molecule has 0 saturated heterocycles. The molecule has 0 aliphatic heterocycles. The smallest absolute Gasteiger partial charge is 0.416 e.